The summed E-state index contributed by atoms with van der Waals surface area (Å²) in [6.07, 6.45) is 6.52. The van der Waals surface area contributed by atoms with Crippen molar-refractivity contribution in [3.05, 3.63) is 239 Å². The molecule has 0 spiro atoms. The first-order valence-electron chi connectivity index (χ1n) is 19.0. The zero-order valence-electron chi connectivity index (χ0n) is 30.3. The van der Waals surface area contributed by atoms with Gasteiger partial charge in [-0.2, -0.15) is 0 Å². The largest absolute Gasteiger partial charge is 0.373 e. The number of aromatic amines is 1. The van der Waals surface area contributed by atoms with Crippen molar-refractivity contribution in [1.82, 2.24) is 10.3 Å². The third-order valence-corrected chi connectivity index (χ3v) is 10.9. The first-order chi connectivity index (χ1) is 27.3. The van der Waals surface area contributed by atoms with E-state index in [0.29, 0.717) is 0 Å². The molecule has 10 rings (SSSR count). The maximum atomic E-state index is 4.10. The second kappa shape index (κ2) is 14.0. The van der Waals surface area contributed by atoms with E-state index >= 15 is 0 Å². The van der Waals surface area contributed by atoms with E-state index in [1.54, 1.807) is 0 Å². The van der Waals surface area contributed by atoms with Gasteiger partial charge in [0.25, 0.3) is 0 Å². The molecule has 262 valence electrons. The van der Waals surface area contributed by atoms with Crippen LogP contribution in [0.15, 0.2) is 200 Å². The smallest absolute Gasteiger partial charge is 0.0779 e. The lowest BCUT2D eigenvalue weighted by Gasteiger charge is -2.36. The number of hydrogen-bond acceptors (Lipinski definition) is 2. The number of hydrogen-bond donors (Lipinski definition) is 3. The maximum Gasteiger partial charge on any atom is 0.0779 e. The summed E-state index contributed by atoms with van der Waals surface area (Å²) >= 11 is 0. The van der Waals surface area contributed by atoms with Gasteiger partial charge < -0.3 is 15.6 Å². The molecule has 55 heavy (non-hydrogen) atoms. The normalized spacial score (nSPS) is 16.4. The van der Waals surface area contributed by atoms with Gasteiger partial charge in [0.1, 0.15) is 0 Å². The SMILES string of the molecule is C1=CC(c2cccc(-c3cccc(C4=C(c5ccccc5)C(c5ccccc5)NC(c5ccccc5)=C4c4ccccc4)c3)c2)Nc2c1ccc1cc[nH]c21. The molecule has 0 fully saturated rings. The standard InChI is InChI=1S/C52H39N3/c1-5-15-35(16-6-1)47-46(48(36-17-7-2-8-18-36)50(38-21-11-4-12-22-38)55-49(47)37-19-9-3-10-20-37)44-26-14-24-42(34-44)41-23-13-25-43(33-41)45-30-29-39-27-28-40-31-32-53-51(40)52(39)54-45/h1-34,45,49,53-55H. The molecule has 2 aliphatic heterocycles. The molecule has 2 atom stereocenters. The second-order valence-corrected chi connectivity index (χ2v) is 14.3. The number of nitrogens with one attached hydrogen (secondary N) is 3. The van der Waals surface area contributed by atoms with Crippen molar-refractivity contribution in [2.45, 2.75) is 12.1 Å². The van der Waals surface area contributed by atoms with Gasteiger partial charge in [-0.1, -0.05) is 182 Å². The minimum absolute atomic E-state index is 0.0500. The molecular weight excluding hydrogens is 667 g/mol. The van der Waals surface area contributed by atoms with Crippen LogP contribution in [-0.2, 0) is 0 Å². The van der Waals surface area contributed by atoms with Crippen molar-refractivity contribution in [2.75, 3.05) is 5.32 Å². The summed E-state index contributed by atoms with van der Waals surface area (Å²) in [4.78, 5) is 3.44. The van der Waals surface area contributed by atoms with Gasteiger partial charge in [0.15, 0.2) is 0 Å². The summed E-state index contributed by atoms with van der Waals surface area (Å²) in [5.74, 6) is 0. The Morgan fingerprint density at radius 3 is 1.76 bits per heavy atom. The molecule has 3 heterocycles. The van der Waals surface area contributed by atoms with E-state index < -0.39 is 0 Å². The van der Waals surface area contributed by atoms with Gasteiger partial charge in [-0.25, -0.2) is 0 Å². The summed E-state index contributed by atoms with van der Waals surface area (Å²) in [6.45, 7) is 0. The summed E-state index contributed by atoms with van der Waals surface area (Å²) < 4.78 is 0. The Balaban J connectivity index is 1.16. The van der Waals surface area contributed by atoms with E-state index in [0.717, 1.165) is 22.5 Å². The van der Waals surface area contributed by atoms with E-state index in [4.69, 9.17) is 0 Å². The first-order valence-corrected chi connectivity index (χ1v) is 19.0. The molecule has 0 aliphatic carbocycles. The molecule has 0 radical (unpaired) electrons. The highest BCUT2D eigenvalue weighted by Crippen LogP contribution is 2.50. The second-order valence-electron chi connectivity index (χ2n) is 14.3. The number of allylic oxidation sites excluding steroid dienone is 2. The van der Waals surface area contributed by atoms with Crippen molar-refractivity contribution in [1.29, 1.82) is 0 Å². The van der Waals surface area contributed by atoms with Gasteiger partial charge in [0, 0.05) is 17.2 Å². The lowest BCUT2D eigenvalue weighted by molar-refractivity contribution is 0.787. The predicted octanol–water partition coefficient (Wildman–Crippen LogP) is 12.8. The summed E-state index contributed by atoms with van der Waals surface area (Å²) in [5.41, 5.74) is 17.8. The minimum atomic E-state index is -0.0913. The van der Waals surface area contributed by atoms with Crippen LogP contribution in [0, 0.1) is 0 Å². The Morgan fingerprint density at radius 2 is 1.02 bits per heavy atom. The molecule has 1 aromatic heterocycles. The average molecular weight is 706 g/mol. The molecule has 0 saturated heterocycles. The Labute approximate surface area is 322 Å². The molecular formula is C52H39N3. The van der Waals surface area contributed by atoms with Crippen molar-refractivity contribution in [3.63, 3.8) is 0 Å². The molecule has 0 amide bonds. The van der Waals surface area contributed by atoms with Gasteiger partial charge in [0.2, 0.25) is 0 Å². The van der Waals surface area contributed by atoms with E-state index in [1.807, 2.05) is 6.20 Å². The highest BCUT2D eigenvalue weighted by molar-refractivity contribution is 6.24. The van der Waals surface area contributed by atoms with Crippen LogP contribution >= 0.6 is 0 Å². The third kappa shape index (κ3) is 6.06. The Kier molecular flexibility index (Phi) is 8.31. The van der Waals surface area contributed by atoms with Crippen LogP contribution in [0.25, 0.3) is 50.5 Å². The van der Waals surface area contributed by atoms with Crippen LogP contribution in [-0.4, -0.2) is 4.98 Å². The molecule has 0 bridgehead atoms. The van der Waals surface area contributed by atoms with Crippen LogP contribution in [0.5, 0.6) is 0 Å². The van der Waals surface area contributed by atoms with Crippen molar-refractivity contribution < 1.29 is 0 Å². The van der Waals surface area contributed by atoms with Gasteiger partial charge in [-0.3, -0.25) is 0 Å². The van der Waals surface area contributed by atoms with Gasteiger partial charge in [-0.15, -0.1) is 0 Å². The number of aromatic nitrogens is 1. The molecule has 3 N–H and O–H groups in total. The lowest BCUT2D eigenvalue weighted by Crippen LogP contribution is -2.27. The predicted molar refractivity (Wildman–Crippen MR) is 231 cm³/mol. The molecule has 3 nitrogen and oxygen atoms in total. The topological polar surface area (TPSA) is 39.8 Å². The van der Waals surface area contributed by atoms with E-state index in [1.165, 1.54) is 66.6 Å². The van der Waals surface area contributed by atoms with Crippen molar-refractivity contribution in [2.24, 2.45) is 0 Å². The van der Waals surface area contributed by atoms with Crippen LogP contribution in [0.4, 0.5) is 5.69 Å². The first kappa shape index (κ1) is 32.5. The Morgan fingerprint density at radius 1 is 0.418 bits per heavy atom. The molecule has 8 aromatic rings. The van der Waals surface area contributed by atoms with Crippen LogP contribution in [0.1, 0.15) is 51.0 Å². The van der Waals surface area contributed by atoms with Crippen molar-refractivity contribution in [3.8, 4) is 11.1 Å². The van der Waals surface area contributed by atoms with Gasteiger partial charge in [-0.05, 0) is 79.4 Å². The lowest BCUT2D eigenvalue weighted by atomic mass is 9.76. The fourth-order valence-electron chi connectivity index (χ4n) is 8.35. The Bertz CT molecular complexity index is 2740. The Hall–Kier alpha value is -7.10. The number of rotatable bonds is 7. The molecule has 2 aliphatic rings. The highest BCUT2D eigenvalue weighted by atomic mass is 15.0. The van der Waals surface area contributed by atoms with E-state index in [-0.39, 0.29) is 12.1 Å². The maximum absolute atomic E-state index is 4.10. The fourth-order valence-corrected chi connectivity index (χ4v) is 8.35. The van der Waals surface area contributed by atoms with Gasteiger partial charge >= 0.3 is 0 Å². The zero-order valence-corrected chi connectivity index (χ0v) is 30.3. The van der Waals surface area contributed by atoms with Gasteiger partial charge in [0.05, 0.1) is 29.0 Å². The third-order valence-electron chi connectivity index (χ3n) is 10.9. The molecule has 7 aromatic carbocycles. The quantitative estimate of drug-likeness (QED) is 0.154. The van der Waals surface area contributed by atoms with Crippen LogP contribution < -0.4 is 10.6 Å². The summed E-state index contributed by atoms with van der Waals surface area (Å²) in [5, 5.41) is 9.14. The van der Waals surface area contributed by atoms with Crippen LogP contribution in [0.3, 0.4) is 0 Å². The van der Waals surface area contributed by atoms with E-state index in [2.05, 4.69) is 216 Å². The number of H-pyrrole nitrogens is 1. The summed E-state index contributed by atoms with van der Waals surface area (Å²) in [6, 6.07) is 68.0. The number of dihydropyridines is 1. The number of fused-ring (bicyclic) bond motifs is 3. The monoisotopic (exact) mass is 705 g/mol. The molecule has 2 unspecified atom stereocenters. The summed E-state index contributed by atoms with van der Waals surface area (Å²) in [7, 11) is 0. The minimum Gasteiger partial charge on any atom is -0.373 e. The molecule has 3 heteroatoms. The van der Waals surface area contributed by atoms with Crippen LogP contribution in [0.2, 0.25) is 0 Å². The molecule has 0 saturated carbocycles. The highest BCUT2D eigenvalue weighted by Gasteiger charge is 2.33. The van der Waals surface area contributed by atoms with E-state index in [9.17, 15) is 0 Å². The number of anilines is 1. The number of benzene rings is 7. The van der Waals surface area contributed by atoms with Crippen molar-refractivity contribution >= 4 is 45.1 Å². The zero-order chi connectivity index (χ0) is 36.6. The average Bonchev–Trinajstić information content (AvgIpc) is 3.77. The fraction of sp³-hybridized carbons (Fsp3) is 0.0385.